The van der Waals surface area contributed by atoms with Crippen LogP contribution in [0.2, 0.25) is 10.0 Å². The molecule has 21 heavy (non-hydrogen) atoms. The first kappa shape index (κ1) is 20.0. The molecule has 0 bridgehead atoms. The summed E-state index contributed by atoms with van der Waals surface area (Å²) in [5.41, 5.74) is 0. The van der Waals surface area contributed by atoms with Gasteiger partial charge in [-0.3, -0.25) is 0 Å². The van der Waals surface area contributed by atoms with Crippen LogP contribution in [0, 0.1) is 0 Å². The molecule has 0 spiro atoms. The van der Waals surface area contributed by atoms with E-state index >= 15 is 0 Å². The van der Waals surface area contributed by atoms with Gasteiger partial charge in [-0.15, -0.1) is 11.5 Å². The molecule has 0 saturated carbocycles. The van der Waals surface area contributed by atoms with Crippen molar-refractivity contribution in [3.05, 3.63) is 46.4 Å². The maximum absolute atomic E-state index is 10.7. The van der Waals surface area contributed by atoms with Crippen LogP contribution in [-0.4, -0.2) is 37.3 Å². The van der Waals surface area contributed by atoms with Crippen LogP contribution in [0.25, 0.3) is 0 Å². The Bertz CT molecular complexity index is 527. The van der Waals surface area contributed by atoms with E-state index in [2.05, 4.69) is 0 Å². The Hall–Kier alpha value is -1.01. The molecule has 7 heteroatoms. The van der Waals surface area contributed by atoms with E-state index in [4.69, 9.17) is 32.7 Å². The molecule has 0 aliphatic rings. The number of methoxy groups -OCH3 is 2. The van der Waals surface area contributed by atoms with Gasteiger partial charge in [-0.1, -0.05) is 35.3 Å². The third kappa shape index (κ3) is 6.52. The fourth-order valence-corrected chi connectivity index (χ4v) is 1.67. The first-order valence-corrected chi connectivity index (χ1v) is 6.24. The van der Waals surface area contributed by atoms with Crippen LogP contribution in [0.1, 0.15) is 0 Å². The molecule has 0 aliphatic heterocycles. The maximum atomic E-state index is 10.7. The van der Waals surface area contributed by atoms with Crippen molar-refractivity contribution in [3.63, 3.8) is 0 Å². The summed E-state index contributed by atoms with van der Waals surface area (Å²) in [7, 11) is 2.95. The van der Waals surface area contributed by atoms with Crippen molar-refractivity contribution < 1.29 is 19.7 Å². The number of benzene rings is 2. The van der Waals surface area contributed by atoms with Crippen molar-refractivity contribution in [3.8, 4) is 23.0 Å². The second-order valence-electron chi connectivity index (χ2n) is 3.59. The molecule has 0 aliphatic carbocycles. The topological polar surface area (TPSA) is 64.6 Å². The van der Waals surface area contributed by atoms with Gasteiger partial charge in [0.2, 0.25) is 0 Å². The van der Waals surface area contributed by atoms with Crippen molar-refractivity contribution in [2.75, 3.05) is 14.2 Å². The quantitative estimate of drug-likeness (QED) is 0.789. The Kier molecular flexibility index (Phi) is 9.36. The van der Waals surface area contributed by atoms with Crippen molar-refractivity contribution in [2.24, 2.45) is 0 Å². The van der Waals surface area contributed by atoms with Gasteiger partial charge in [0, 0.05) is 0 Å². The molecule has 108 valence electrons. The van der Waals surface area contributed by atoms with E-state index in [0.717, 1.165) is 0 Å². The molecular weight excluding hydrogens is 327 g/mol. The summed E-state index contributed by atoms with van der Waals surface area (Å²) >= 11 is 11.3. The molecule has 0 fully saturated rings. The summed E-state index contributed by atoms with van der Waals surface area (Å²) in [4.78, 5) is 0. The van der Waals surface area contributed by atoms with Crippen LogP contribution in [0.5, 0.6) is 23.0 Å². The van der Waals surface area contributed by atoms with E-state index in [0.29, 0.717) is 21.5 Å². The van der Waals surface area contributed by atoms with Crippen LogP contribution in [0.3, 0.4) is 0 Å². The van der Waals surface area contributed by atoms with Crippen molar-refractivity contribution >= 4 is 46.3 Å². The third-order valence-corrected chi connectivity index (χ3v) is 2.87. The predicted molar refractivity (Wildman–Crippen MR) is 80.7 cm³/mol. The van der Waals surface area contributed by atoms with Gasteiger partial charge in [0.25, 0.3) is 0 Å². The van der Waals surface area contributed by atoms with E-state index in [9.17, 15) is 10.2 Å². The number of rotatable bonds is 2. The largest absolute Gasteiger partial charge is 2.00 e. The maximum Gasteiger partial charge on any atom is 2.00 e. The van der Waals surface area contributed by atoms with Gasteiger partial charge in [-0.05, 0) is 24.3 Å². The Morgan fingerprint density at radius 3 is 1.33 bits per heavy atom. The van der Waals surface area contributed by atoms with Crippen molar-refractivity contribution in [1.29, 1.82) is 0 Å². The summed E-state index contributed by atoms with van der Waals surface area (Å²) in [6.45, 7) is 0. The monoisotopic (exact) mass is 338 g/mol. The zero-order chi connectivity index (χ0) is 15.1. The first-order chi connectivity index (χ1) is 9.47. The standard InChI is InChI=1S/2C7H7ClO2.Mg/c2*1-10-7-4-5(9)2-3-6(7)8;/h2*2-4,9H,1H3;/q;;+2/p-2. The fourth-order valence-electron chi connectivity index (χ4n) is 1.28. The molecule has 0 unspecified atom stereocenters. The molecule has 0 radical (unpaired) electrons. The van der Waals surface area contributed by atoms with E-state index in [1.807, 2.05) is 0 Å². The Morgan fingerprint density at radius 1 is 0.762 bits per heavy atom. The van der Waals surface area contributed by atoms with Gasteiger partial charge < -0.3 is 19.7 Å². The molecule has 0 amide bonds. The van der Waals surface area contributed by atoms with Crippen LogP contribution >= 0.6 is 23.2 Å². The van der Waals surface area contributed by atoms with Crippen molar-refractivity contribution in [2.45, 2.75) is 0 Å². The Labute approximate surface area is 149 Å². The second kappa shape index (κ2) is 9.84. The molecule has 2 rings (SSSR count). The summed E-state index contributed by atoms with van der Waals surface area (Å²) < 4.78 is 9.59. The van der Waals surface area contributed by atoms with Gasteiger partial charge >= 0.3 is 23.1 Å². The van der Waals surface area contributed by atoms with E-state index in [1.165, 1.54) is 50.6 Å². The van der Waals surface area contributed by atoms with Gasteiger partial charge in [-0.25, -0.2) is 0 Å². The number of hydrogen-bond donors (Lipinski definition) is 0. The predicted octanol–water partition coefficient (Wildman–Crippen LogP) is 2.46. The summed E-state index contributed by atoms with van der Waals surface area (Å²) in [5.74, 6) is 0.658. The summed E-state index contributed by atoms with van der Waals surface area (Å²) in [6, 6.07) is 8.52. The minimum atomic E-state index is -0.0961. The van der Waals surface area contributed by atoms with Crippen LogP contribution in [0.15, 0.2) is 36.4 Å². The molecule has 0 atom stereocenters. The molecule has 4 nitrogen and oxygen atoms in total. The SMILES string of the molecule is COc1cc([O-])ccc1Cl.COc1cc([O-])ccc1Cl.[Mg+2]. The van der Waals surface area contributed by atoms with E-state index in [1.54, 1.807) is 0 Å². The van der Waals surface area contributed by atoms with Crippen LogP contribution in [0.4, 0.5) is 0 Å². The third-order valence-electron chi connectivity index (χ3n) is 2.25. The minimum Gasteiger partial charge on any atom is -0.872 e. The normalized spacial score (nSPS) is 8.95. The molecule has 2 aromatic carbocycles. The Morgan fingerprint density at radius 2 is 1.10 bits per heavy atom. The summed E-state index contributed by atoms with van der Waals surface area (Å²) in [6.07, 6.45) is 0. The van der Waals surface area contributed by atoms with Gasteiger partial charge in [0.1, 0.15) is 11.5 Å². The molecule has 2 aromatic rings. The average molecular weight is 339 g/mol. The summed E-state index contributed by atoms with van der Waals surface area (Å²) in [5, 5.41) is 22.2. The number of hydrogen-bond acceptors (Lipinski definition) is 4. The second-order valence-corrected chi connectivity index (χ2v) is 4.41. The van der Waals surface area contributed by atoms with E-state index in [-0.39, 0.29) is 34.6 Å². The zero-order valence-electron chi connectivity index (χ0n) is 11.6. The van der Waals surface area contributed by atoms with Crippen LogP contribution < -0.4 is 19.7 Å². The Balaban J connectivity index is 0.000000364. The molecule has 0 aromatic heterocycles. The average Bonchev–Trinajstić information content (AvgIpc) is 2.44. The van der Waals surface area contributed by atoms with Gasteiger partial charge in [0.05, 0.1) is 24.3 Å². The minimum absolute atomic E-state index is 0. The van der Waals surface area contributed by atoms with Gasteiger partial charge in [0.15, 0.2) is 0 Å². The molecular formula is C14H12Cl2MgO4. The van der Waals surface area contributed by atoms with Gasteiger partial charge in [-0.2, -0.15) is 0 Å². The van der Waals surface area contributed by atoms with E-state index < -0.39 is 0 Å². The smallest absolute Gasteiger partial charge is 0.872 e. The van der Waals surface area contributed by atoms with Crippen LogP contribution in [-0.2, 0) is 0 Å². The molecule has 0 N–H and O–H groups in total. The number of ether oxygens (including phenoxy) is 2. The van der Waals surface area contributed by atoms with Crippen molar-refractivity contribution in [1.82, 2.24) is 0 Å². The molecule has 0 heterocycles. The molecule has 0 saturated heterocycles. The fraction of sp³-hybridized carbons (Fsp3) is 0.143. The zero-order valence-corrected chi connectivity index (χ0v) is 14.5. The number of halogens is 2. The first-order valence-electron chi connectivity index (χ1n) is 5.49.